The van der Waals surface area contributed by atoms with Gasteiger partial charge in [-0.15, -0.1) is 0 Å². The molecule has 1 N–H and O–H groups in total. The number of carbonyl (C=O) groups is 1. The lowest BCUT2D eigenvalue weighted by Crippen LogP contribution is -2.32. The maximum atomic E-state index is 12.6. The Hall–Kier alpha value is -2.93. The van der Waals surface area contributed by atoms with Crippen LogP contribution in [0.15, 0.2) is 36.4 Å². The summed E-state index contributed by atoms with van der Waals surface area (Å²) >= 11 is 0. The van der Waals surface area contributed by atoms with Crippen molar-refractivity contribution in [2.45, 2.75) is 12.5 Å². The highest BCUT2D eigenvalue weighted by Crippen LogP contribution is 2.32. The summed E-state index contributed by atoms with van der Waals surface area (Å²) in [4.78, 5) is 14.1. The summed E-state index contributed by atoms with van der Waals surface area (Å²) in [5, 5.41) is 10.5. The molecule has 3 rings (SSSR count). The zero-order valence-corrected chi connectivity index (χ0v) is 16.3. The van der Waals surface area contributed by atoms with Crippen LogP contribution < -0.4 is 18.9 Å². The fourth-order valence-electron chi connectivity index (χ4n) is 3.03. The molecule has 2 aromatic carbocycles. The molecule has 0 spiro atoms. The molecule has 1 amide bonds. The molecule has 0 saturated heterocycles. The molecule has 1 unspecified atom stereocenters. The number of benzene rings is 2. The minimum Gasteiger partial charge on any atom is -0.493 e. The Morgan fingerprint density at radius 2 is 1.79 bits per heavy atom. The molecule has 0 radical (unpaired) electrons. The van der Waals surface area contributed by atoms with E-state index in [-0.39, 0.29) is 18.9 Å². The highest BCUT2D eigenvalue weighted by Gasteiger charge is 2.19. The molecule has 7 nitrogen and oxygen atoms in total. The number of rotatable bonds is 7. The second-order valence-corrected chi connectivity index (χ2v) is 6.56. The van der Waals surface area contributed by atoms with Gasteiger partial charge in [-0.05, 0) is 35.4 Å². The van der Waals surface area contributed by atoms with E-state index < -0.39 is 6.10 Å². The van der Waals surface area contributed by atoms with Gasteiger partial charge in [0.1, 0.15) is 13.2 Å². The molecule has 0 bridgehead atoms. The van der Waals surface area contributed by atoms with Crippen LogP contribution in [0.2, 0.25) is 0 Å². The number of methoxy groups -OCH3 is 2. The van der Waals surface area contributed by atoms with E-state index in [0.717, 1.165) is 5.56 Å². The van der Waals surface area contributed by atoms with Crippen molar-refractivity contribution < 1.29 is 28.8 Å². The van der Waals surface area contributed by atoms with Gasteiger partial charge >= 0.3 is 0 Å². The number of ether oxygens (including phenoxy) is 4. The van der Waals surface area contributed by atoms with Gasteiger partial charge < -0.3 is 29.0 Å². The number of hydrogen-bond acceptors (Lipinski definition) is 6. The van der Waals surface area contributed by atoms with Gasteiger partial charge in [0.25, 0.3) is 0 Å². The Labute approximate surface area is 164 Å². The molecule has 0 aromatic heterocycles. The molecular weight excluding hydrogens is 362 g/mol. The Morgan fingerprint density at radius 1 is 1.07 bits per heavy atom. The molecule has 7 heteroatoms. The molecule has 0 saturated carbocycles. The van der Waals surface area contributed by atoms with Crippen LogP contribution in [-0.4, -0.2) is 56.9 Å². The van der Waals surface area contributed by atoms with Crippen LogP contribution in [0.1, 0.15) is 17.2 Å². The van der Waals surface area contributed by atoms with Crippen molar-refractivity contribution in [1.82, 2.24) is 4.90 Å². The van der Waals surface area contributed by atoms with Crippen molar-refractivity contribution in [2.24, 2.45) is 0 Å². The second kappa shape index (κ2) is 8.84. The zero-order valence-electron chi connectivity index (χ0n) is 16.3. The fraction of sp³-hybridized carbons (Fsp3) is 0.381. The number of hydrogen-bond donors (Lipinski definition) is 1. The smallest absolute Gasteiger partial charge is 0.226 e. The molecule has 150 valence electrons. The van der Waals surface area contributed by atoms with Gasteiger partial charge in [-0.2, -0.15) is 0 Å². The molecular formula is C21H25NO6. The van der Waals surface area contributed by atoms with Crippen LogP contribution in [0, 0.1) is 0 Å². The Morgan fingerprint density at radius 3 is 2.50 bits per heavy atom. The van der Waals surface area contributed by atoms with Crippen molar-refractivity contribution in [1.29, 1.82) is 0 Å². The summed E-state index contributed by atoms with van der Waals surface area (Å²) < 4.78 is 21.5. The van der Waals surface area contributed by atoms with Crippen LogP contribution in [0.25, 0.3) is 0 Å². The third-order valence-electron chi connectivity index (χ3n) is 4.63. The van der Waals surface area contributed by atoms with E-state index in [1.807, 2.05) is 18.2 Å². The first-order valence-corrected chi connectivity index (χ1v) is 9.04. The molecule has 1 aliphatic heterocycles. The normalized spacial score (nSPS) is 13.6. The lowest BCUT2D eigenvalue weighted by atomic mass is 10.1. The van der Waals surface area contributed by atoms with E-state index in [0.29, 0.717) is 41.8 Å². The first kappa shape index (κ1) is 19.8. The number of nitrogens with zero attached hydrogens (tertiary/aromatic N) is 1. The quantitative estimate of drug-likeness (QED) is 0.785. The minimum atomic E-state index is -0.839. The SMILES string of the molecule is COc1ccc(C(O)CN(C)C(=O)Cc2ccc3c(c2)OCCO3)cc1OC. The second-order valence-electron chi connectivity index (χ2n) is 6.56. The number of fused-ring (bicyclic) bond motifs is 1. The molecule has 1 aliphatic rings. The predicted octanol–water partition coefficient (Wildman–Crippen LogP) is 2.21. The molecule has 1 atom stereocenters. The lowest BCUT2D eigenvalue weighted by molar-refractivity contribution is -0.130. The van der Waals surface area contributed by atoms with E-state index in [1.54, 1.807) is 32.4 Å². The summed E-state index contributed by atoms with van der Waals surface area (Å²) in [6.45, 7) is 1.20. The minimum absolute atomic E-state index is 0.101. The van der Waals surface area contributed by atoms with E-state index in [1.165, 1.54) is 12.0 Å². The average molecular weight is 387 g/mol. The molecule has 1 heterocycles. The first-order valence-electron chi connectivity index (χ1n) is 9.04. The number of aliphatic hydroxyl groups excluding tert-OH is 1. The maximum Gasteiger partial charge on any atom is 0.226 e. The summed E-state index contributed by atoms with van der Waals surface area (Å²) in [6.07, 6.45) is -0.625. The van der Waals surface area contributed by atoms with E-state index in [2.05, 4.69) is 0 Å². The van der Waals surface area contributed by atoms with E-state index >= 15 is 0 Å². The Bertz CT molecular complexity index is 838. The van der Waals surface area contributed by atoms with Crippen LogP contribution in [0.4, 0.5) is 0 Å². The molecule has 0 fully saturated rings. The van der Waals surface area contributed by atoms with Crippen molar-refractivity contribution >= 4 is 5.91 Å². The maximum absolute atomic E-state index is 12.6. The zero-order chi connectivity index (χ0) is 20.1. The van der Waals surface area contributed by atoms with E-state index in [4.69, 9.17) is 18.9 Å². The van der Waals surface area contributed by atoms with Crippen LogP contribution in [0.5, 0.6) is 23.0 Å². The third kappa shape index (κ3) is 4.48. The number of likely N-dealkylation sites (N-methyl/N-ethyl adjacent to an activating group) is 1. The van der Waals surface area contributed by atoms with Crippen LogP contribution in [0.3, 0.4) is 0 Å². The van der Waals surface area contributed by atoms with Crippen molar-refractivity contribution in [3.05, 3.63) is 47.5 Å². The standard InChI is InChI=1S/C21H25NO6/c1-22(13-16(23)15-5-7-17(25-2)19(12-15)26-3)21(24)11-14-4-6-18-20(10-14)28-9-8-27-18/h4-7,10,12,16,23H,8-9,11,13H2,1-3H3. The Kier molecular flexibility index (Phi) is 6.26. The summed E-state index contributed by atoms with van der Waals surface area (Å²) in [7, 11) is 4.76. The number of aliphatic hydroxyl groups is 1. The highest BCUT2D eigenvalue weighted by molar-refractivity contribution is 5.78. The Balaban J connectivity index is 1.62. The summed E-state index contributed by atoms with van der Waals surface area (Å²) in [6, 6.07) is 10.7. The van der Waals surface area contributed by atoms with Gasteiger partial charge in [0.2, 0.25) is 5.91 Å². The van der Waals surface area contributed by atoms with Crippen LogP contribution >= 0.6 is 0 Å². The topological polar surface area (TPSA) is 77.5 Å². The molecule has 28 heavy (non-hydrogen) atoms. The van der Waals surface area contributed by atoms with Crippen LogP contribution in [-0.2, 0) is 11.2 Å². The lowest BCUT2D eigenvalue weighted by Gasteiger charge is -2.22. The fourth-order valence-corrected chi connectivity index (χ4v) is 3.03. The molecule has 2 aromatic rings. The third-order valence-corrected chi connectivity index (χ3v) is 4.63. The first-order chi connectivity index (χ1) is 13.5. The van der Waals surface area contributed by atoms with Gasteiger partial charge in [-0.25, -0.2) is 0 Å². The van der Waals surface area contributed by atoms with Gasteiger partial charge in [0.05, 0.1) is 33.3 Å². The van der Waals surface area contributed by atoms with Gasteiger partial charge in [0.15, 0.2) is 23.0 Å². The largest absolute Gasteiger partial charge is 0.493 e. The van der Waals surface area contributed by atoms with E-state index in [9.17, 15) is 9.90 Å². The van der Waals surface area contributed by atoms with Gasteiger partial charge in [-0.1, -0.05) is 12.1 Å². The summed E-state index contributed by atoms with van der Waals surface area (Å²) in [5.41, 5.74) is 1.48. The predicted molar refractivity (Wildman–Crippen MR) is 103 cm³/mol. The number of carbonyl (C=O) groups excluding carboxylic acids is 1. The van der Waals surface area contributed by atoms with Gasteiger partial charge in [0, 0.05) is 7.05 Å². The molecule has 0 aliphatic carbocycles. The summed E-state index contributed by atoms with van der Waals surface area (Å²) in [5.74, 6) is 2.37. The van der Waals surface area contributed by atoms with Crippen molar-refractivity contribution in [3.63, 3.8) is 0 Å². The monoisotopic (exact) mass is 387 g/mol. The number of amides is 1. The van der Waals surface area contributed by atoms with Gasteiger partial charge in [-0.3, -0.25) is 4.79 Å². The van der Waals surface area contributed by atoms with Crippen molar-refractivity contribution in [2.75, 3.05) is 41.0 Å². The van der Waals surface area contributed by atoms with Crippen molar-refractivity contribution in [3.8, 4) is 23.0 Å². The average Bonchev–Trinajstić information content (AvgIpc) is 2.72. The highest BCUT2D eigenvalue weighted by atomic mass is 16.6.